The minimum atomic E-state index is -1.18. The van der Waals surface area contributed by atoms with Crippen molar-refractivity contribution in [2.24, 2.45) is 17.1 Å². The zero-order chi connectivity index (χ0) is 30.1. The smallest absolute Gasteiger partial charge is 0.319 e. The van der Waals surface area contributed by atoms with Gasteiger partial charge in [0.15, 0.2) is 0 Å². The van der Waals surface area contributed by atoms with Crippen molar-refractivity contribution >= 4 is 46.7 Å². The van der Waals surface area contributed by atoms with Gasteiger partial charge < -0.3 is 26.4 Å². The summed E-state index contributed by atoms with van der Waals surface area (Å²) in [6, 6.07) is 3.83. The van der Waals surface area contributed by atoms with Gasteiger partial charge in [0.1, 0.15) is 18.2 Å². The van der Waals surface area contributed by atoms with Gasteiger partial charge in [0, 0.05) is 46.6 Å². The molecule has 8 nitrogen and oxygen atoms in total. The maximum absolute atomic E-state index is 14.1. The molecule has 5 N–H and O–H groups in total. The monoisotopic (exact) mass is 606 g/mol. The number of rotatable bonds is 9. The molecule has 0 aromatic heterocycles. The minimum Gasteiger partial charge on any atom is -0.461 e. The van der Waals surface area contributed by atoms with Crippen molar-refractivity contribution < 1.29 is 23.5 Å². The van der Waals surface area contributed by atoms with Crippen LogP contribution in [-0.4, -0.2) is 55.2 Å². The van der Waals surface area contributed by atoms with Crippen LogP contribution in [0.5, 0.6) is 0 Å². The standard InChI is InChI=1S/C30H37Cl2FN4O4/c1-16(6-5-7-18(32)14-33)25-26(27(39)35-19-11-20(12-19)41-24(38)15-34)37-23(13-29(2,3)4)30(25)21-9-8-17(31)10-22(21)36-28(30)40/h5-10,19-20,23,25-26,37H,1,11-15,34H2,2-4H3,(H,35,39)(H,36,40)/b6-5-,18-7+/t19-,20+,23-,25+,26-,30+/m1/s1. The number of hydrogen-bond acceptors (Lipinski definition) is 6. The normalized spacial score (nSPS) is 29.3. The molecule has 0 radical (unpaired) electrons. The minimum absolute atomic E-state index is 0.0154. The van der Waals surface area contributed by atoms with E-state index in [0.29, 0.717) is 35.5 Å². The van der Waals surface area contributed by atoms with Gasteiger partial charge in [-0.3, -0.25) is 14.4 Å². The number of amides is 2. The van der Waals surface area contributed by atoms with Gasteiger partial charge in [0.25, 0.3) is 0 Å². The third kappa shape index (κ3) is 6.38. The molecule has 1 saturated carbocycles. The summed E-state index contributed by atoms with van der Waals surface area (Å²) < 4.78 is 18.2. The van der Waals surface area contributed by atoms with Gasteiger partial charge in [-0.2, -0.15) is 0 Å². The molecule has 1 saturated heterocycles. The number of carbonyl (C=O) groups is 3. The molecule has 2 heterocycles. The number of allylic oxidation sites excluding steroid dienone is 4. The average molecular weight is 608 g/mol. The second kappa shape index (κ2) is 12.3. The van der Waals surface area contributed by atoms with Gasteiger partial charge in [-0.1, -0.05) is 68.8 Å². The van der Waals surface area contributed by atoms with Crippen LogP contribution in [0.15, 0.2) is 53.6 Å². The second-order valence-electron chi connectivity index (χ2n) is 12.1. The molecule has 4 rings (SSSR count). The molecule has 2 fully saturated rings. The van der Waals surface area contributed by atoms with Gasteiger partial charge >= 0.3 is 5.97 Å². The Hall–Kier alpha value is -2.72. The molecule has 0 unspecified atom stereocenters. The zero-order valence-electron chi connectivity index (χ0n) is 23.4. The SMILES string of the molecule is C=C(/C=C\C=C(\Cl)CF)[C@H]1[C@H](C(=O)N[C@H]2C[C@@H](OC(=O)CN)C2)N[C@H](CC(C)(C)C)[C@]12C(=O)Nc1cc(Cl)ccc12. The van der Waals surface area contributed by atoms with Crippen LogP contribution in [0.2, 0.25) is 5.02 Å². The van der Waals surface area contributed by atoms with E-state index >= 15 is 0 Å². The molecular weight excluding hydrogens is 570 g/mol. The molecule has 41 heavy (non-hydrogen) atoms. The van der Waals surface area contributed by atoms with Gasteiger partial charge in [-0.05, 0) is 41.2 Å². The summed E-state index contributed by atoms with van der Waals surface area (Å²) in [4.78, 5) is 39.5. The molecule has 11 heteroatoms. The first kappa shape index (κ1) is 31.2. The van der Waals surface area contributed by atoms with E-state index in [-0.39, 0.29) is 41.0 Å². The molecule has 1 spiro atoms. The third-order valence-corrected chi connectivity index (χ3v) is 8.39. The van der Waals surface area contributed by atoms with E-state index in [1.165, 1.54) is 6.08 Å². The highest BCUT2D eigenvalue weighted by Crippen LogP contribution is 2.55. The lowest BCUT2D eigenvalue weighted by Gasteiger charge is -2.38. The number of fused-ring (bicyclic) bond motifs is 2. The summed E-state index contributed by atoms with van der Waals surface area (Å²) in [6.45, 7) is 9.51. The van der Waals surface area contributed by atoms with Crippen molar-refractivity contribution in [3.63, 3.8) is 0 Å². The van der Waals surface area contributed by atoms with E-state index in [1.807, 2.05) is 6.07 Å². The molecule has 1 aromatic carbocycles. The van der Waals surface area contributed by atoms with Crippen molar-refractivity contribution in [2.45, 2.75) is 69.7 Å². The molecular formula is C30H37Cl2FN4O4. The molecule has 2 aliphatic heterocycles. The Labute approximate surface area is 249 Å². The summed E-state index contributed by atoms with van der Waals surface area (Å²) >= 11 is 12.1. The molecule has 222 valence electrons. The Balaban J connectivity index is 1.73. The first-order chi connectivity index (χ1) is 19.3. The van der Waals surface area contributed by atoms with Crippen LogP contribution in [0.3, 0.4) is 0 Å². The summed E-state index contributed by atoms with van der Waals surface area (Å²) in [5.41, 5.74) is 5.79. The molecule has 3 aliphatic rings. The molecule has 2 amide bonds. The molecule has 1 aliphatic carbocycles. The number of nitrogens with one attached hydrogen (secondary N) is 3. The van der Waals surface area contributed by atoms with Crippen molar-refractivity contribution in [1.82, 2.24) is 10.6 Å². The fourth-order valence-electron chi connectivity index (χ4n) is 6.20. The maximum atomic E-state index is 14.1. The number of hydrogen-bond donors (Lipinski definition) is 4. The fourth-order valence-corrected chi connectivity index (χ4v) is 6.45. The quantitative estimate of drug-likeness (QED) is 0.246. The van der Waals surface area contributed by atoms with Gasteiger partial charge in [-0.15, -0.1) is 0 Å². The first-order valence-electron chi connectivity index (χ1n) is 13.6. The number of anilines is 1. The Bertz CT molecular complexity index is 1290. The van der Waals surface area contributed by atoms with Crippen molar-refractivity contribution in [2.75, 3.05) is 18.5 Å². The van der Waals surface area contributed by atoms with Crippen LogP contribution >= 0.6 is 23.2 Å². The number of carbonyl (C=O) groups excluding carboxylic acids is 3. The van der Waals surface area contributed by atoms with Gasteiger partial charge in [0.05, 0.1) is 12.6 Å². The maximum Gasteiger partial charge on any atom is 0.319 e. The van der Waals surface area contributed by atoms with Gasteiger partial charge in [0.2, 0.25) is 11.8 Å². The number of halogens is 3. The number of benzene rings is 1. The number of alkyl halides is 1. The van der Waals surface area contributed by atoms with Crippen LogP contribution in [0.1, 0.15) is 45.6 Å². The lowest BCUT2D eigenvalue weighted by atomic mass is 9.62. The lowest BCUT2D eigenvalue weighted by Crippen LogP contribution is -2.54. The third-order valence-electron chi connectivity index (χ3n) is 7.92. The topological polar surface area (TPSA) is 123 Å². The lowest BCUT2D eigenvalue weighted by molar-refractivity contribution is -0.152. The van der Waals surface area contributed by atoms with E-state index in [0.717, 1.165) is 5.56 Å². The van der Waals surface area contributed by atoms with Crippen LogP contribution in [0.25, 0.3) is 0 Å². The van der Waals surface area contributed by atoms with Crippen LogP contribution in [-0.2, 0) is 24.5 Å². The Morgan fingerprint density at radius 2 is 2.02 bits per heavy atom. The summed E-state index contributed by atoms with van der Waals surface area (Å²) in [7, 11) is 0. The summed E-state index contributed by atoms with van der Waals surface area (Å²) in [5.74, 6) is -1.72. The summed E-state index contributed by atoms with van der Waals surface area (Å²) in [6.07, 6.45) is 5.88. The first-order valence-corrected chi connectivity index (χ1v) is 14.4. The Morgan fingerprint density at radius 3 is 2.66 bits per heavy atom. The van der Waals surface area contributed by atoms with Crippen molar-refractivity contribution in [3.05, 3.63) is 64.2 Å². The predicted octanol–water partition coefficient (Wildman–Crippen LogP) is 4.28. The van der Waals surface area contributed by atoms with Gasteiger partial charge in [-0.25, -0.2) is 4.39 Å². The van der Waals surface area contributed by atoms with Crippen molar-refractivity contribution in [1.29, 1.82) is 0 Å². The largest absolute Gasteiger partial charge is 0.461 e. The van der Waals surface area contributed by atoms with E-state index in [4.69, 9.17) is 33.7 Å². The van der Waals surface area contributed by atoms with Crippen LogP contribution < -0.4 is 21.7 Å². The van der Waals surface area contributed by atoms with E-state index in [1.54, 1.807) is 24.3 Å². The highest BCUT2D eigenvalue weighted by molar-refractivity contribution is 6.31. The predicted molar refractivity (Wildman–Crippen MR) is 158 cm³/mol. The van der Waals surface area contributed by atoms with E-state index in [9.17, 15) is 18.8 Å². The second-order valence-corrected chi connectivity index (χ2v) is 13.0. The van der Waals surface area contributed by atoms with Crippen molar-refractivity contribution in [3.8, 4) is 0 Å². The Kier molecular flexibility index (Phi) is 9.33. The average Bonchev–Trinajstić information content (AvgIpc) is 3.35. The zero-order valence-corrected chi connectivity index (χ0v) is 24.9. The highest BCUT2D eigenvalue weighted by atomic mass is 35.5. The fraction of sp³-hybridized carbons (Fsp3) is 0.500. The molecule has 0 bridgehead atoms. The Morgan fingerprint density at radius 1 is 1.32 bits per heavy atom. The molecule has 4 atom stereocenters. The number of esters is 1. The highest BCUT2D eigenvalue weighted by Gasteiger charge is 2.65. The summed E-state index contributed by atoms with van der Waals surface area (Å²) in [5, 5.41) is 10.1. The number of nitrogens with two attached hydrogens (primary N) is 1. The van der Waals surface area contributed by atoms with Crippen LogP contribution in [0.4, 0.5) is 10.1 Å². The van der Waals surface area contributed by atoms with Crippen LogP contribution in [0, 0.1) is 11.3 Å². The number of ether oxygens (including phenoxy) is 1. The van der Waals surface area contributed by atoms with E-state index in [2.05, 4.69) is 43.3 Å². The van der Waals surface area contributed by atoms with E-state index < -0.39 is 36.1 Å². The molecule has 1 aromatic rings.